The highest BCUT2D eigenvalue weighted by molar-refractivity contribution is 5.99. The summed E-state index contributed by atoms with van der Waals surface area (Å²) in [4.78, 5) is 84.9. The summed E-state index contributed by atoms with van der Waals surface area (Å²) in [5, 5.41) is 29.0. The zero-order chi connectivity index (χ0) is 43.1. The topological polar surface area (TPSA) is 204 Å². The SMILES string of the molecule is CON(C)C(=O)/C=C/C=C(\C)[C@@H]1C/C=C/C=C/C[C@H](C)/C(O)=C(/CCC(C)=O)C(=O)N[C@@H](C(C)C)C(=O)NC(c2cc(O)cc(F)c2)C(=O)N2CCCC(N2)C(=O)O1. The highest BCUT2D eigenvalue weighted by Crippen LogP contribution is 2.26. The van der Waals surface area contributed by atoms with Gasteiger partial charge in [0.2, 0.25) is 5.91 Å². The lowest BCUT2D eigenvalue weighted by atomic mass is 9.95. The number of fused-ring (bicyclic) bond motifs is 2. The number of benzene rings is 1. The third-order valence-corrected chi connectivity index (χ3v) is 9.69. The Bertz CT molecular complexity index is 1820. The van der Waals surface area contributed by atoms with Gasteiger partial charge in [0.25, 0.3) is 17.7 Å². The fraction of sp³-hybridized carbons (Fsp3) is 0.476. The van der Waals surface area contributed by atoms with Gasteiger partial charge in [-0.2, -0.15) is 0 Å². The van der Waals surface area contributed by atoms with Gasteiger partial charge < -0.3 is 30.4 Å². The number of hydrazine groups is 1. The van der Waals surface area contributed by atoms with Gasteiger partial charge in [-0.15, -0.1) is 0 Å². The van der Waals surface area contributed by atoms with Gasteiger partial charge in [-0.05, 0) is 68.7 Å². The molecule has 3 rings (SSSR count). The molecule has 4 amide bonds. The van der Waals surface area contributed by atoms with Gasteiger partial charge in [0, 0.05) is 44.5 Å². The van der Waals surface area contributed by atoms with Crippen LogP contribution in [0.15, 0.2) is 77.6 Å². The second kappa shape index (κ2) is 22.4. The van der Waals surface area contributed by atoms with Gasteiger partial charge in [-0.25, -0.2) is 14.9 Å². The summed E-state index contributed by atoms with van der Waals surface area (Å²) in [6, 6.07) is -0.952. The van der Waals surface area contributed by atoms with Crippen molar-refractivity contribution in [2.24, 2.45) is 11.8 Å². The maximum Gasteiger partial charge on any atom is 0.325 e. The number of aliphatic hydroxyl groups is 1. The molecule has 1 aromatic carbocycles. The molecule has 1 fully saturated rings. The predicted octanol–water partition coefficient (Wildman–Crippen LogP) is 4.48. The molecule has 0 radical (unpaired) electrons. The summed E-state index contributed by atoms with van der Waals surface area (Å²) < 4.78 is 20.6. The first kappa shape index (κ1) is 46.8. The normalized spacial score (nSPS) is 25.9. The largest absolute Gasteiger partial charge is 0.512 e. The molecule has 15 nitrogen and oxygen atoms in total. The number of phenols is 1. The standard InChI is InChI=1S/C42H56FN5O10/c1-25(2)36-40(54)45-37(29-22-30(43)24-31(50)23-29)41(55)48-21-13-16-33(46-48)42(56)58-34(26(3)15-12-18-35(51)47(6)57-7)17-11-9-8-10-14-27(4)38(52)32(39(53)44-36)20-19-28(5)49/h8-12,15,18,22-25,27,33-34,36-37,46,50,52H,13-14,16-17,19-21H2,1-7H3,(H,44,53)(H,45,54)/b10-8+,11-9+,18-12+,26-15+,38-32+/t27-,33?,34-,36-,37?/m0/s1. The maximum atomic E-state index is 14.7. The van der Waals surface area contributed by atoms with Crippen molar-refractivity contribution in [1.29, 1.82) is 0 Å². The maximum absolute atomic E-state index is 14.7. The predicted molar refractivity (Wildman–Crippen MR) is 212 cm³/mol. The summed E-state index contributed by atoms with van der Waals surface area (Å²) in [6.45, 7) is 8.19. The number of nitrogens with one attached hydrogen (secondary N) is 3. The summed E-state index contributed by atoms with van der Waals surface area (Å²) in [7, 11) is 2.81. The highest BCUT2D eigenvalue weighted by atomic mass is 19.1. The fourth-order valence-electron chi connectivity index (χ4n) is 6.16. The van der Waals surface area contributed by atoms with E-state index >= 15 is 0 Å². The molecule has 2 heterocycles. The molecule has 5 atom stereocenters. The molecule has 2 aliphatic heterocycles. The Labute approximate surface area is 338 Å². The molecule has 316 valence electrons. The summed E-state index contributed by atoms with van der Waals surface area (Å²) in [5.41, 5.74) is 3.31. The number of aromatic hydroxyl groups is 1. The van der Waals surface area contributed by atoms with E-state index in [9.17, 15) is 43.4 Å². The number of hydroxylamine groups is 2. The second-order valence-corrected chi connectivity index (χ2v) is 14.7. The highest BCUT2D eigenvalue weighted by Gasteiger charge is 2.37. The number of aliphatic hydroxyl groups excluding tert-OH is 1. The number of phenolic OH excluding ortho intramolecular Hbond substituents is 1. The van der Waals surface area contributed by atoms with Gasteiger partial charge >= 0.3 is 5.97 Å². The third-order valence-electron chi connectivity index (χ3n) is 9.69. The monoisotopic (exact) mass is 809 g/mol. The minimum Gasteiger partial charge on any atom is -0.512 e. The van der Waals surface area contributed by atoms with E-state index in [0.717, 1.165) is 28.3 Å². The number of nitrogens with zero attached hydrogens (tertiary/aromatic N) is 2. The zero-order valence-corrected chi connectivity index (χ0v) is 34.1. The smallest absolute Gasteiger partial charge is 0.325 e. The number of hydrogen-bond acceptors (Lipinski definition) is 11. The Morgan fingerprint density at radius 1 is 1.07 bits per heavy atom. The number of likely N-dealkylation sites (N-methyl/N-ethyl adjacent to an activating group) is 1. The number of carbonyl (C=O) groups is 6. The molecular weight excluding hydrogens is 753 g/mol. The summed E-state index contributed by atoms with van der Waals surface area (Å²) in [6.07, 6.45) is 11.6. The van der Waals surface area contributed by atoms with Crippen LogP contribution >= 0.6 is 0 Å². The van der Waals surface area contributed by atoms with E-state index < -0.39 is 77.2 Å². The van der Waals surface area contributed by atoms with Crippen molar-refractivity contribution in [3.63, 3.8) is 0 Å². The van der Waals surface area contributed by atoms with E-state index in [2.05, 4.69) is 16.1 Å². The lowest BCUT2D eigenvalue weighted by Gasteiger charge is -2.36. The van der Waals surface area contributed by atoms with Gasteiger partial charge in [0.05, 0.1) is 12.7 Å². The van der Waals surface area contributed by atoms with Crippen molar-refractivity contribution in [2.45, 2.75) is 97.4 Å². The van der Waals surface area contributed by atoms with E-state index in [0.29, 0.717) is 18.4 Å². The number of carbonyl (C=O) groups excluding carboxylic acids is 6. The van der Waals surface area contributed by atoms with E-state index in [1.165, 1.54) is 33.2 Å². The molecule has 0 aromatic heterocycles. The molecule has 0 saturated carbocycles. The number of halogens is 1. The van der Waals surface area contributed by atoms with Crippen LogP contribution in [0.1, 0.15) is 84.7 Å². The first-order valence-corrected chi connectivity index (χ1v) is 19.2. The lowest BCUT2D eigenvalue weighted by molar-refractivity contribution is -0.162. The number of Topliss-reactive ketones (excluding diaryl/α,β-unsaturated/α-hetero) is 1. The van der Waals surface area contributed by atoms with Crippen LogP contribution in [0.25, 0.3) is 0 Å². The molecule has 2 aliphatic rings. The molecule has 1 saturated heterocycles. The van der Waals surface area contributed by atoms with Crippen LogP contribution in [0.3, 0.4) is 0 Å². The molecule has 2 bridgehead atoms. The average Bonchev–Trinajstić information content (AvgIpc) is 3.17. The van der Waals surface area contributed by atoms with Gasteiger partial charge in [-0.3, -0.25) is 33.8 Å². The Hall–Kier alpha value is -5.61. The quantitative estimate of drug-likeness (QED) is 0.102. The van der Waals surface area contributed by atoms with Crippen LogP contribution in [0.4, 0.5) is 4.39 Å². The van der Waals surface area contributed by atoms with E-state index in [-0.39, 0.29) is 54.9 Å². The fourth-order valence-corrected chi connectivity index (χ4v) is 6.16. The lowest BCUT2D eigenvalue weighted by Crippen LogP contribution is -2.59. The Morgan fingerprint density at radius 2 is 1.76 bits per heavy atom. The molecule has 16 heteroatoms. The van der Waals surface area contributed by atoms with Crippen LogP contribution in [-0.4, -0.2) is 94.6 Å². The minimum atomic E-state index is -1.60. The van der Waals surface area contributed by atoms with Crippen molar-refractivity contribution in [2.75, 3.05) is 20.7 Å². The average molecular weight is 810 g/mol. The Kier molecular flexibility index (Phi) is 18.0. The molecule has 2 unspecified atom stereocenters. The second-order valence-electron chi connectivity index (χ2n) is 14.7. The van der Waals surface area contributed by atoms with Gasteiger partial charge in [0.1, 0.15) is 47.3 Å². The van der Waals surface area contributed by atoms with E-state index in [4.69, 9.17) is 9.57 Å². The zero-order valence-electron chi connectivity index (χ0n) is 34.1. The number of esters is 1. The first-order chi connectivity index (χ1) is 27.4. The number of cyclic esters (lactones) is 1. The number of amides is 4. The molecule has 58 heavy (non-hydrogen) atoms. The van der Waals surface area contributed by atoms with E-state index in [1.807, 2.05) is 0 Å². The molecule has 0 spiro atoms. The van der Waals surface area contributed by atoms with Crippen LogP contribution in [0.2, 0.25) is 0 Å². The van der Waals surface area contributed by atoms with Crippen LogP contribution in [0, 0.1) is 17.7 Å². The number of allylic oxidation sites excluding steroid dienone is 6. The molecular formula is C42H56FN5O10. The Morgan fingerprint density at radius 3 is 2.40 bits per heavy atom. The van der Waals surface area contributed by atoms with Crippen molar-refractivity contribution < 1.29 is 52.9 Å². The first-order valence-electron chi connectivity index (χ1n) is 19.2. The van der Waals surface area contributed by atoms with Crippen LogP contribution in [0.5, 0.6) is 5.75 Å². The Balaban J connectivity index is 2.11. The van der Waals surface area contributed by atoms with Gasteiger partial charge in [0.15, 0.2) is 0 Å². The third kappa shape index (κ3) is 13.8. The van der Waals surface area contributed by atoms with Crippen molar-refractivity contribution in [1.82, 2.24) is 26.1 Å². The summed E-state index contributed by atoms with van der Waals surface area (Å²) >= 11 is 0. The van der Waals surface area contributed by atoms with Crippen LogP contribution in [-0.2, 0) is 38.3 Å². The molecule has 1 aromatic rings. The molecule has 5 N–H and O–H groups in total. The number of ether oxygens (including phenoxy) is 1. The minimum absolute atomic E-state index is 0.0456. The van der Waals surface area contributed by atoms with Crippen molar-refractivity contribution >= 4 is 35.4 Å². The number of rotatable bonds is 9. The number of hydrogen-bond donors (Lipinski definition) is 5. The number of ketones is 1. The van der Waals surface area contributed by atoms with E-state index in [1.54, 1.807) is 58.1 Å². The summed E-state index contributed by atoms with van der Waals surface area (Å²) in [5.74, 6) is -6.51. The van der Waals surface area contributed by atoms with Gasteiger partial charge in [-0.1, -0.05) is 57.2 Å². The molecule has 0 aliphatic carbocycles. The van der Waals surface area contributed by atoms with Crippen LogP contribution < -0.4 is 16.1 Å². The van der Waals surface area contributed by atoms with Crippen molar-refractivity contribution in [3.05, 3.63) is 89.0 Å². The van der Waals surface area contributed by atoms with Crippen molar-refractivity contribution in [3.8, 4) is 5.75 Å².